The average Bonchev–Trinajstić information content (AvgIpc) is 3.25. The molecule has 4 bridgehead atoms. The summed E-state index contributed by atoms with van der Waals surface area (Å²) in [4.78, 5) is 22.0. The molecular formula is C33H48N4O2. The first-order valence-electron chi connectivity index (χ1n) is 16.3. The second-order valence-electron chi connectivity index (χ2n) is 13.8. The van der Waals surface area contributed by atoms with E-state index >= 15 is 0 Å². The highest BCUT2D eigenvalue weighted by Gasteiger charge is 2.45. The van der Waals surface area contributed by atoms with Gasteiger partial charge in [0.25, 0.3) is 0 Å². The molecule has 2 aromatic rings. The van der Waals surface area contributed by atoms with Gasteiger partial charge < -0.3 is 14.6 Å². The molecule has 1 aromatic heterocycles. The van der Waals surface area contributed by atoms with Crippen LogP contribution in [0.1, 0.15) is 114 Å². The lowest BCUT2D eigenvalue weighted by Crippen LogP contribution is -2.58. The highest BCUT2D eigenvalue weighted by atomic mass is 16.4. The Morgan fingerprint density at radius 1 is 0.821 bits per heavy atom. The van der Waals surface area contributed by atoms with Gasteiger partial charge in [0.15, 0.2) is 0 Å². The molecule has 0 amide bonds. The second-order valence-corrected chi connectivity index (χ2v) is 13.8. The van der Waals surface area contributed by atoms with Gasteiger partial charge in [0.1, 0.15) is 5.82 Å². The van der Waals surface area contributed by atoms with E-state index in [2.05, 4.69) is 38.6 Å². The first kappa shape index (κ1) is 26.0. The molecule has 7 rings (SSSR count). The number of aliphatic carboxylic acids is 1. The molecule has 212 valence electrons. The zero-order valence-corrected chi connectivity index (χ0v) is 23.7. The Morgan fingerprint density at radius 3 is 2.31 bits per heavy atom. The SMILES string of the molecule is O=C(O)CCN1CCCC(c2nc3ccccc3n2C2C[C@H]3CCC[C@@H](C2)N3C2C[C@H]3CCCC[C@@H](C2)C3)C1. The third kappa shape index (κ3) is 5.28. The van der Waals surface area contributed by atoms with Crippen molar-refractivity contribution >= 4 is 17.0 Å². The summed E-state index contributed by atoms with van der Waals surface area (Å²) in [6.07, 6.45) is 19.5. The molecule has 2 aliphatic carbocycles. The monoisotopic (exact) mass is 532 g/mol. The van der Waals surface area contributed by atoms with Crippen LogP contribution in [-0.4, -0.2) is 68.2 Å². The number of piperidine rings is 3. The van der Waals surface area contributed by atoms with Crippen LogP contribution in [0.25, 0.3) is 11.0 Å². The fraction of sp³-hybridized carbons (Fsp3) is 0.758. The van der Waals surface area contributed by atoms with Gasteiger partial charge in [-0.05, 0) is 88.3 Å². The number of nitrogens with zero attached hydrogens (tertiary/aromatic N) is 4. The Hall–Kier alpha value is -1.92. The summed E-state index contributed by atoms with van der Waals surface area (Å²) in [6, 6.07) is 11.6. The summed E-state index contributed by atoms with van der Waals surface area (Å²) in [7, 11) is 0. The number of rotatable bonds is 6. The van der Waals surface area contributed by atoms with E-state index in [4.69, 9.17) is 4.98 Å². The normalized spacial score (nSPS) is 36.1. The Balaban J connectivity index is 1.15. The smallest absolute Gasteiger partial charge is 0.304 e. The van der Waals surface area contributed by atoms with Crippen molar-refractivity contribution in [1.29, 1.82) is 0 Å². The van der Waals surface area contributed by atoms with Crippen LogP contribution in [0.5, 0.6) is 0 Å². The number of carbonyl (C=O) groups is 1. The van der Waals surface area contributed by atoms with Gasteiger partial charge in [0.2, 0.25) is 0 Å². The van der Waals surface area contributed by atoms with E-state index in [9.17, 15) is 9.90 Å². The largest absolute Gasteiger partial charge is 0.481 e. The lowest BCUT2D eigenvalue weighted by Gasteiger charge is -2.55. The molecule has 39 heavy (non-hydrogen) atoms. The molecule has 2 saturated carbocycles. The number of hydrogen-bond acceptors (Lipinski definition) is 4. The first-order chi connectivity index (χ1) is 19.1. The van der Waals surface area contributed by atoms with E-state index in [1.54, 1.807) is 0 Å². The van der Waals surface area contributed by atoms with E-state index in [0.717, 1.165) is 61.4 Å². The summed E-state index contributed by atoms with van der Waals surface area (Å²) in [5.74, 6) is 2.93. The number of para-hydroxylation sites is 2. The lowest BCUT2D eigenvalue weighted by atomic mass is 9.73. The van der Waals surface area contributed by atoms with Crippen molar-refractivity contribution in [3.63, 3.8) is 0 Å². The fourth-order valence-corrected chi connectivity index (χ4v) is 9.76. The Labute approximate surface area is 234 Å². The van der Waals surface area contributed by atoms with Crippen molar-refractivity contribution in [3.05, 3.63) is 30.1 Å². The fourth-order valence-electron chi connectivity index (χ4n) is 9.76. The maximum absolute atomic E-state index is 11.2. The zero-order valence-electron chi connectivity index (χ0n) is 23.7. The second kappa shape index (κ2) is 11.2. The molecule has 5 aliphatic rings. The molecular weight excluding hydrogens is 484 g/mol. The van der Waals surface area contributed by atoms with Gasteiger partial charge in [-0.25, -0.2) is 4.98 Å². The number of carboxylic acid groups (broad SMARTS) is 1. The van der Waals surface area contributed by atoms with E-state index in [0.29, 0.717) is 18.5 Å². The van der Waals surface area contributed by atoms with Gasteiger partial charge in [-0.3, -0.25) is 9.69 Å². The molecule has 0 radical (unpaired) electrons. The number of fused-ring (bicyclic) bond motifs is 5. The molecule has 3 aliphatic heterocycles. The quantitative estimate of drug-likeness (QED) is 0.454. The van der Waals surface area contributed by atoms with E-state index in [1.807, 2.05) is 0 Å². The molecule has 7 atom stereocenters. The third-order valence-corrected chi connectivity index (χ3v) is 11.3. The Kier molecular flexibility index (Phi) is 7.44. The van der Waals surface area contributed by atoms with Crippen molar-refractivity contribution < 1.29 is 9.90 Å². The predicted molar refractivity (Wildman–Crippen MR) is 155 cm³/mol. The van der Waals surface area contributed by atoms with Crippen molar-refractivity contribution in [2.75, 3.05) is 19.6 Å². The molecule has 5 fully saturated rings. The highest BCUT2D eigenvalue weighted by molar-refractivity contribution is 5.76. The van der Waals surface area contributed by atoms with Crippen LogP contribution in [0.4, 0.5) is 0 Å². The lowest BCUT2D eigenvalue weighted by molar-refractivity contribution is -0.137. The van der Waals surface area contributed by atoms with Crippen LogP contribution in [0.15, 0.2) is 24.3 Å². The van der Waals surface area contributed by atoms with Gasteiger partial charge >= 0.3 is 5.97 Å². The van der Waals surface area contributed by atoms with Crippen LogP contribution >= 0.6 is 0 Å². The molecule has 3 unspecified atom stereocenters. The summed E-state index contributed by atoms with van der Waals surface area (Å²) in [5.41, 5.74) is 2.45. The maximum Gasteiger partial charge on any atom is 0.304 e. The van der Waals surface area contributed by atoms with E-state index in [1.165, 1.54) is 88.4 Å². The number of benzene rings is 1. The van der Waals surface area contributed by atoms with Gasteiger partial charge in [-0.1, -0.05) is 44.2 Å². The standard InChI is InChI=1S/C33H48N4O2/c38-32(39)14-16-35-15-6-9-25(22-35)33-34-30-12-3-4-13-31(30)37(33)29-20-26-10-5-11-27(21-29)36(26)28-18-23-7-1-2-8-24(17-23)19-28/h3-4,12-13,23-29H,1-2,5-11,14-22H2,(H,38,39)/t23-,24+,25?,26-,27+,28?,29?. The number of imidazole rings is 1. The number of hydrogen-bond donors (Lipinski definition) is 1. The van der Waals surface area contributed by atoms with Gasteiger partial charge in [-0.15, -0.1) is 0 Å². The molecule has 3 saturated heterocycles. The van der Waals surface area contributed by atoms with E-state index < -0.39 is 5.97 Å². The zero-order chi connectivity index (χ0) is 26.3. The Bertz CT molecular complexity index is 1130. The van der Waals surface area contributed by atoms with Crippen LogP contribution in [0, 0.1) is 11.8 Å². The molecule has 4 heterocycles. The molecule has 0 spiro atoms. The van der Waals surface area contributed by atoms with Crippen molar-refractivity contribution in [2.24, 2.45) is 11.8 Å². The minimum Gasteiger partial charge on any atom is -0.481 e. The summed E-state index contributed by atoms with van der Waals surface area (Å²) in [5, 5.41) is 9.24. The topological polar surface area (TPSA) is 61.6 Å². The van der Waals surface area contributed by atoms with Gasteiger partial charge in [-0.2, -0.15) is 0 Å². The number of likely N-dealkylation sites (tertiary alicyclic amines) is 1. The molecule has 6 heteroatoms. The van der Waals surface area contributed by atoms with E-state index in [-0.39, 0.29) is 6.42 Å². The van der Waals surface area contributed by atoms with Crippen molar-refractivity contribution in [1.82, 2.24) is 19.4 Å². The average molecular weight is 533 g/mol. The first-order valence-corrected chi connectivity index (χ1v) is 16.3. The van der Waals surface area contributed by atoms with Crippen LogP contribution in [-0.2, 0) is 4.79 Å². The van der Waals surface area contributed by atoms with Gasteiger partial charge in [0.05, 0.1) is 17.5 Å². The molecule has 1 N–H and O–H groups in total. The highest BCUT2D eigenvalue weighted by Crippen LogP contribution is 2.48. The van der Waals surface area contributed by atoms with Crippen LogP contribution < -0.4 is 0 Å². The van der Waals surface area contributed by atoms with Crippen molar-refractivity contribution in [3.8, 4) is 0 Å². The third-order valence-electron chi connectivity index (χ3n) is 11.3. The predicted octanol–water partition coefficient (Wildman–Crippen LogP) is 6.61. The minimum absolute atomic E-state index is 0.230. The van der Waals surface area contributed by atoms with Crippen LogP contribution in [0.2, 0.25) is 0 Å². The molecule has 6 nitrogen and oxygen atoms in total. The van der Waals surface area contributed by atoms with Crippen LogP contribution in [0.3, 0.4) is 0 Å². The number of carboxylic acids is 1. The van der Waals surface area contributed by atoms with Gasteiger partial charge in [0, 0.05) is 43.2 Å². The minimum atomic E-state index is -0.695. The number of aromatic nitrogens is 2. The Morgan fingerprint density at radius 2 is 1.56 bits per heavy atom. The summed E-state index contributed by atoms with van der Waals surface area (Å²) < 4.78 is 2.68. The molecule has 1 aromatic carbocycles. The summed E-state index contributed by atoms with van der Waals surface area (Å²) in [6.45, 7) is 2.60. The maximum atomic E-state index is 11.2. The summed E-state index contributed by atoms with van der Waals surface area (Å²) >= 11 is 0. The van der Waals surface area contributed by atoms with Crippen molar-refractivity contribution in [2.45, 2.75) is 126 Å².